The molecule has 0 radical (unpaired) electrons. The van der Waals surface area contributed by atoms with Gasteiger partial charge in [-0.15, -0.1) is 11.3 Å². The topological polar surface area (TPSA) is 90.7 Å². The fourth-order valence-corrected chi connectivity index (χ4v) is 4.17. The van der Waals surface area contributed by atoms with Gasteiger partial charge in [-0.25, -0.2) is 9.78 Å². The van der Waals surface area contributed by atoms with E-state index in [0.717, 1.165) is 21.4 Å². The van der Waals surface area contributed by atoms with Crippen LogP contribution >= 0.6 is 11.3 Å². The van der Waals surface area contributed by atoms with Gasteiger partial charge in [0.05, 0.1) is 19.9 Å². The first-order valence-electron chi connectivity index (χ1n) is 10.2. The summed E-state index contributed by atoms with van der Waals surface area (Å²) in [5.74, 6) is 1.43. The fourth-order valence-electron chi connectivity index (χ4n) is 3.21. The first kappa shape index (κ1) is 21.6. The number of methoxy groups -OCH3 is 1. The summed E-state index contributed by atoms with van der Waals surface area (Å²) in [6.45, 7) is 2.55. The second-order valence-electron chi connectivity index (χ2n) is 6.98. The van der Waals surface area contributed by atoms with Crippen LogP contribution in [0.15, 0.2) is 59.1 Å². The first-order valence-corrected chi connectivity index (χ1v) is 11.0. The number of hydrogen-bond donors (Lipinski definition) is 1. The Morgan fingerprint density at radius 3 is 2.69 bits per heavy atom. The molecular weight excluding hydrogens is 428 g/mol. The van der Waals surface area contributed by atoms with Crippen molar-refractivity contribution in [3.8, 4) is 17.1 Å². The average molecular weight is 451 g/mol. The number of carbonyl (C=O) groups is 2. The highest BCUT2D eigenvalue weighted by atomic mass is 32.1. The van der Waals surface area contributed by atoms with Crippen LogP contribution in [-0.4, -0.2) is 30.6 Å². The van der Waals surface area contributed by atoms with E-state index >= 15 is 0 Å². The predicted octanol–water partition coefficient (Wildman–Crippen LogP) is 5.31. The van der Waals surface area contributed by atoms with Gasteiger partial charge in [0.1, 0.15) is 10.6 Å². The lowest BCUT2D eigenvalue weighted by Crippen LogP contribution is -2.12. The number of carbonyl (C=O) groups excluding carboxylic acids is 2. The molecule has 0 spiro atoms. The SMILES string of the molecule is CCOc1ccc(-c2cnc(CCC(=O)Nc3ccc4sc(C(=O)OC)cc4c3)o2)cc1. The molecule has 0 fully saturated rings. The molecule has 0 saturated heterocycles. The average Bonchev–Trinajstić information content (AvgIpc) is 3.45. The molecule has 7 nitrogen and oxygen atoms in total. The van der Waals surface area contributed by atoms with Crippen molar-refractivity contribution >= 4 is 39.0 Å². The number of oxazole rings is 1. The summed E-state index contributed by atoms with van der Waals surface area (Å²) >= 11 is 1.35. The van der Waals surface area contributed by atoms with Gasteiger partial charge in [-0.05, 0) is 60.8 Å². The Morgan fingerprint density at radius 1 is 1.12 bits per heavy atom. The summed E-state index contributed by atoms with van der Waals surface area (Å²) < 4.78 is 16.9. The lowest BCUT2D eigenvalue weighted by atomic mass is 10.2. The summed E-state index contributed by atoms with van der Waals surface area (Å²) in [7, 11) is 1.35. The lowest BCUT2D eigenvalue weighted by Gasteiger charge is -2.04. The Hall–Kier alpha value is -3.65. The molecular formula is C24H22N2O5S. The van der Waals surface area contributed by atoms with E-state index in [9.17, 15) is 9.59 Å². The second kappa shape index (κ2) is 9.65. The minimum absolute atomic E-state index is 0.145. The lowest BCUT2D eigenvalue weighted by molar-refractivity contribution is -0.116. The molecule has 0 aliphatic rings. The number of rotatable bonds is 8. The van der Waals surface area contributed by atoms with E-state index in [1.165, 1.54) is 18.4 Å². The van der Waals surface area contributed by atoms with Gasteiger partial charge in [0.2, 0.25) is 5.91 Å². The van der Waals surface area contributed by atoms with Crippen molar-refractivity contribution in [3.63, 3.8) is 0 Å². The summed E-state index contributed by atoms with van der Waals surface area (Å²) in [4.78, 5) is 28.9. The number of esters is 1. The van der Waals surface area contributed by atoms with Crippen molar-refractivity contribution in [2.45, 2.75) is 19.8 Å². The monoisotopic (exact) mass is 450 g/mol. The van der Waals surface area contributed by atoms with Crippen LogP contribution in [0.4, 0.5) is 5.69 Å². The molecule has 0 unspecified atom stereocenters. The van der Waals surface area contributed by atoms with Crippen LogP contribution in [0.5, 0.6) is 5.75 Å². The van der Waals surface area contributed by atoms with Crippen molar-refractivity contribution < 1.29 is 23.5 Å². The molecule has 4 aromatic rings. The van der Waals surface area contributed by atoms with Gasteiger partial charge in [0.25, 0.3) is 0 Å². The number of aromatic nitrogens is 1. The van der Waals surface area contributed by atoms with Gasteiger partial charge in [-0.3, -0.25) is 4.79 Å². The van der Waals surface area contributed by atoms with Crippen LogP contribution in [0.2, 0.25) is 0 Å². The van der Waals surface area contributed by atoms with Gasteiger partial charge in [0, 0.05) is 28.8 Å². The van der Waals surface area contributed by atoms with E-state index in [-0.39, 0.29) is 18.3 Å². The normalized spacial score (nSPS) is 10.8. The van der Waals surface area contributed by atoms with E-state index in [4.69, 9.17) is 13.9 Å². The quantitative estimate of drug-likeness (QED) is 0.366. The van der Waals surface area contributed by atoms with Crippen molar-refractivity contribution in [2.75, 3.05) is 19.0 Å². The number of nitrogens with zero attached hydrogens (tertiary/aromatic N) is 1. The van der Waals surface area contributed by atoms with Crippen molar-refractivity contribution in [1.82, 2.24) is 4.98 Å². The van der Waals surface area contributed by atoms with Crippen molar-refractivity contribution in [1.29, 1.82) is 0 Å². The zero-order chi connectivity index (χ0) is 22.5. The smallest absolute Gasteiger partial charge is 0.348 e. The van der Waals surface area contributed by atoms with E-state index in [2.05, 4.69) is 10.3 Å². The second-order valence-corrected chi connectivity index (χ2v) is 8.06. The minimum atomic E-state index is -0.368. The highest BCUT2D eigenvalue weighted by Gasteiger charge is 2.12. The number of hydrogen-bond acceptors (Lipinski definition) is 7. The Bertz CT molecular complexity index is 1240. The van der Waals surface area contributed by atoms with Gasteiger partial charge in [0.15, 0.2) is 11.7 Å². The molecule has 8 heteroatoms. The van der Waals surface area contributed by atoms with E-state index < -0.39 is 0 Å². The molecule has 0 aliphatic heterocycles. The molecule has 2 aromatic heterocycles. The molecule has 1 N–H and O–H groups in total. The van der Waals surface area contributed by atoms with Crippen LogP contribution in [0.25, 0.3) is 21.4 Å². The Kier molecular flexibility index (Phi) is 6.51. The standard InChI is InChI=1S/C24H22N2O5S/c1-3-30-18-7-4-15(5-8-18)19-14-25-23(31-19)11-10-22(27)26-17-6-9-20-16(12-17)13-21(32-20)24(28)29-2/h4-9,12-14H,3,10-11H2,1-2H3,(H,26,27). The van der Waals surface area contributed by atoms with E-state index in [0.29, 0.717) is 35.2 Å². The largest absolute Gasteiger partial charge is 0.494 e. The predicted molar refractivity (Wildman–Crippen MR) is 123 cm³/mol. The summed E-state index contributed by atoms with van der Waals surface area (Å²) in [5.41, 5.74) is 1.56. The third kappa shape index (κ3) is 4.97. The molecule has 0 aliphatic carbocycles. The number of anilines is 1. The number of amides is 1. The number of aryl methyl sites for hydroxylation is 1. The zero-order valence-corrected chi connectivity index (χ0v) is 18.5. The van der Waals surface area contributed by atoms with Crippen molar-refractivity contribution in [3.05, 3.63) is 65.5 Å². The maximum atomic E-state index is 12.4. The highest BCUT2D eigenvalue weighted by molar-refractivity contribution is 7.20. The number of fused-ring (bicyclic) bond motifs is 1. The minimum Gasteiger partial charge on any atom is -0.494 e. The molecule has 0 atom stereocenters. The maximum Gasteiger partial charge on any atom is 0.348 e. The van der Waals surface area contributed by atoms with Gasteiger partial charge in [-0.1, -0.05) is 0 Å². The molecule has 1 amide bonds. The van der Waals surface area contributed by atoms with Crippen LogP contribution in [0.3, 0.4) is 0 Å². The Labute approximate surface area is 189 Å². The third-order valence-corrected chi connectivity index (χ3v) is 5.85. The van der Waals surface area contributed by atoms with Gasteiger partial charge >= 0.3 is 5.97 Å². The fraction of sp³-hybridized carbons (Fsp3) is 0.208. The first-order chi connectivity index (χ1) is 15.6. The van der Waals surface area contributed by atoms with Gasteiger partial charge < -0.3 is 19.2 Å². The number of thiophene rings is 1. The maximum absolute atomic E-state index is 12.4. The third-order valence-electron chi connectivity index (χ3n) is 4.76. The summed E-state index contributed by atoms with van der Waals surface area (Å²) in [6.07, 6.45) is 2.28. The summed E-state index contributed by atoms with van der Waals surface area (Å²) in [6, 6.07) is 14.9. The van der Waals surface area contributed by atoms with E-state index in [1.807, 2.05) is 49.4 Å². The van der Waals surface area contributed by atoms with Gasteiger partial charge in [-0.2, -0.15) is 0 Å². The van der Waals surface area contributed by atoms with Crippen LogP contribution in [0, 0.1) is 0 Å². The molecule has 2 aromatic carbocycles. The Balaban J connectivity index is 1.34. The Morgan fingerprint density at radius 2 is 1.94 bits per heavy atom. The highest BCUT2D eigenvalue weighted by Crippen LogP contribution is 2.29. The van der Waals surface area contributed by atoms with Crippen LogP contribution in [0.1, 0.15) is 28.9 Å². The molecule has 0 saturated carbocycles. The molecule has 32 heavy (non-hydrogen) atoms. The number of benzene rings is 2. The zero-order valence-electron chi connectivity index (χ0n) is 17.7. The number of nitrogens with one attached hydrogen (secondary N) is 1. The summed E-state index contributed by atoms with van der Waals surface area (Å²) in [5, 5.41) is 3.76. The molecule has 4 rings (SSSR count). The van der Waals surface area contributed by atoms with E-state index in [1.54, 1.807) is 12.3 Å². The number of ether oxygens (including phenoxy) is 2. The molecule has 2 heterocycles. The van der Waals surface area contributed by atoms with Crippen LogP contribution < -0.4 is 10.1 Å². The van der Waals surface area contributed by atoms with Crippen molar-refractivity contribution in [2.24, 2.45) is 0 Å². The molecule has 164 valence electrons. The molecule has 0 bridgehead atoms. The van der Waals surface area contributed by atoms with Crippen LogP contribution in [-0.2, 0) is 16.0 Å².